The number of urea groups is 1. The number of benzene rings is 1. The lowest BCUT2D eigenvalue weighted by molar-refractivity contribution is -0.141. The first kappa shape index (κ1) is 27.3. The fourth-order valence-electron chi connectivity index (χ4n) is 3.71. The fourth-order valence-corrected chi connectivity index (χ4v) is 3.71. The van der Waals surface area contributed by atoms with Crippen LogP contribution in [-0.2, 0) is 10.9 Å². The first-order valence-electron chi connectivity index (χ1n) is 11.8. The number of nitrogens with one attached hydrogen (secondary N) is 3. The molecular formula is C25H25F3N8O3. The molecule has 0 aliphatic rings. The maximum absolute atomic E-state index is 13.0. The first-order valence-corrected chi connectivity index (χ1v) is 11.8. The van der Waals surface area contributed by atoms with E-state index in [1.807, 2.05) is 13.8 Å². The van der Waals surface area contributed by atoms with Crippen LogP contribution in [0.4, 0.5) is 35.3 Å². The van der Waals surface area contributed by atoms with Crippen LogP contribution in [0.15, 0.2) is 55.0 Å². The SMILES string of the molecule is CC(C)OCCNC(=O)c1cn2ncnc(N)c2c1-c1ccc(NC(=O)Nc2cccc(C(F)(F)F)n2)cc1. The number of alkyl halides is 3. The van der Waals surface area contributed by atoms with E-state index in [2.05, 4.69) is 31.0 Å². The molecule has 1 aromatic carbocycles. The molecule has 11 nitrogen and oxygen atoms in total. The Labute approximate surface area is 220 Å². The number of amides is 3. The van der Waals surface area contributed by atoms with Gasteiger partial charge in [0.15, 0.2) is 5.82 Å². The van der Waals surface area contributed by atoms with Crippen molar-refractivity contribution in [1.82, 2.24) is 24.9 Å². The second kappa shape index (κ2) is 11.3. The van der Waals surface area contributed by atoms with Crippen molar-refractivity contribution in [3.63, 3.8) is 0 Å². The Kier molecular flexibility index (Phi) is 7.95. The quantitative estimate of drug-likeness (QED) is 0.244. The van der Waals surface area contributed by atoms with Crippen molar-refractivity contribution in [3.05, 3.63) is 66.2 Å². The zero-order chi connectivity index (χ0) is 28.2. The number of aromatic nitrogens is 4. The third kappa shape index (κ3) is 6.59. The summed E-state index contributed by atoms with van der Waals surface area (Å²) >= 11 is 0. The zero-order valence-electron chi connectivity index (χ0n) is 20.9. The number of carbonyl (C=O) groups is 2. The van der Waals surface area contributed by atoms with Crippen LogP contribution in [0.25, 0.3) is 16.6 Å². The van der Waals surface area contributed by atoms with Gasteiger partial charge in [-0.3, -0.25) is 10.1 Å². The summed E-state index contributed by atoms with van der Waals surface area (Å²) in [7, 11) is 0. The molecule has 0 atom stereocenters. The Morgan fingerprint density at radius 3 is 2.54 bits per heavy atom. The smallest absolute Gasteiger partial charge is 0.382 e. The highest BCUT2D eigenvalue weighted by atomic mass is 19.4. The van der Waals surface area contributed by atoms with Crippen LogP contribution >= 0.6 is 0 Å². The van der Waals surface area contributed by atoms with Gasteiger partial charge in [-0.05, 0) is 43.7 Å². The van der Waals surface area contributed by atoms with Gasteiger partial charge in [-0.1, -0.05) is 18.2 Å². The van der Waals surface area contributed by atoms with Crippen molar-refractivity contribution < 1.29 is 27.5 Å². The maximum atomic E-state index is 13.0. The van der Waals surface area contributed by atoms with E-state index < -0.39 is 17.9 Å². The Hall–Kier alpha value is -4.72. The zero-order valence-corrected chi connectivity index (χ0v) is 20.9. The van der Waals surface area contributed by atoms with Crippen molar-refractivity contribution in [3.8, 4) is 11.1 Å². The number of ether oxygens (including phenoxy) is 1. The van der Waals surface area contributed by atoms with E-state index in [0.717, 1.165) is 12.1 Å². The Morgan fingerprint density at radius 1 is 1.10 bits per heavy atom. The van der Waals surface area contributed by atoms with Crippen molar-refractivity contribution in [2.75, 3.05) is 29.5 Å². The number of halogens is 3. The van der Waals surface area contributed by atoms with E-state index >= 15 is 0 Å². The van der Waals surface area contributed by atoms with E-state index in [9.17, 15) is 22.8 Å². The Balaban J connectivity index is 1.53. The lowest BCUT2D eigenvalue weighted by Crippen LogP contribution is -2.28. The van der Waals surface area contributed by atoms with E-state index in [1.165, 1.54) is 16.9 Å². The second-order valence-electron chi connectivity index (χ2n) is 8.59. The number of fused-ring (bicyclic) bond motifs is 1. The standard InChI is InChI=1S/C25H25F3N8O3/c1-14(2)39-11-10-30-23(37)17-12-36-21(22(29)31-13-32-36)20(17)15-6-8-16(9-7-15)33-24(38)35-19-5-3-4-18(34-19)25(26,27)28/h3-9,12-14H,10-11H2,1-2H3,(H,30,37)(H2,29,31,32)(H2,33,34,35,38). The van der Waals surface area contributed by atoms with E-state index in [1.54, 1.807) is 30.5 Å². The predicted molar refractivity (Wildman–Crippen MR) is 138 cm³/mol. The summed E-state index contributed by atoms with van der Waals surface area (Å²) in [5.41, 5.74) is 7.13. The second-order valence-corrected chi connectivity index (χ2v) is 8.59. The minimum atomic E-state index is -4.64. The van der Waals surface area contributed by atoms with Gasteiger partial charge in [0.25, 0.3) is 5.91 Å². The van der Waals surface area contributed by atoms with Crippen LogP contribution in [-0.4, -0.2) is 50.8 Å². The van der Waals surface area contributed by atoms with Crippen LogP contribution in [0.5, 0.6) is 0 Å². The lowest BCUT2D eigenvalue weighted by atomic mass is 10.0. The van der Waals surface area contributed by atoms with E-state index in [4.69, 9.17) is 10.5 Å². The average molecular weight is 543 g/mol. The van der Waals surface area contributed by atoms with Gasteiger partial charge in [0, 0.05) is 24.0 Å². The van der Waals surface area contributed by atoms with Gasteiger partial charge < -0.3 is 21.1 Å². The number of carbonyl (C=O) groups excluding carboxylic acids is 2. The van der Waals surface area contributed by atoms with Crippen LogP contribution in [0.3, 0.4) is 0 Å². The maximum Gasteiger partial charge on any atom is 0.433 e. The number of nitrogens with two attached hydrogens (primary N) is 1. The van der Waals surface area contributed by atoms with Gasteiger partial charge >= 0.3 is 12.2 Å². The van der Waals surface area contributed by atoms with Gasteiger partial charge in [-0.2, -0.15) is 18.3 Å². The molecule has 0 bridgehead atoms. The van der Waals surface area contributed by atoms with Gasteiger partial charge in [-0.25, -0.2) is 19.3 Å². The number of nitrogen functional groups attached to an aromatic ring is 1. The Bertz CT molecular complexity index is 1490. The number of pyridine rings is 1. The molecule has 204 valence electrons. The molecule has 0 fully saturated rings. The molecule has 0 aliphatic carbocycles. The van der Waals surface area contributed by atoms with Gasteiger partial charge in [-0.15, -0.1) is 0 Å². The van der Waals surface area contributed by atoms with Crippen LogP contribution in [0.1, 0.15) is 29.9 Å². The van der Waals surface area contributed by atoms with Crippen molar-refractivity contribution in [2.24, 2.45) is 0 Å². The molecule has 39 heavy (non-hydrogen) atoms. The van der Waals surface area contributed by atoms with Gasteiger partial charge in [0.2, 0.25) is 0 Å². The summed E-state index contributed by atoms with van der Waals surface area (Å²) in [5, 5.41) is 11.8. The highest BCUT2D eigenvalue weighted by Crippen LogP contribution is 2.33. The molecule has 0 aliphatic heterocycles. The molecule has 5 N–H and O–H groups in total. The summed E-state index contributed by atoms with van der Waals surface area (Å²) in [6, 6.07) is 8.83. The van der Waals surface area contributed by atoms with Crippen molar-refractivity contribution >= 4 is 34.8 Å². The third-order valence-electron chi connectivity index (χ3n) is 5.40. The highest BCUT2D eigenvalue weighted by molar-refractivity contribution is 6.07. The molecule has 3 amide bonds. The molecule has 0 radical (unpaired) electrons. The van der Waals surface area contributed by atoms with E-state index in [0.29, 0.717) is 41.0 Å². The number of nitrogens with zero attached hydrogens (tertiary/aromatic N) is 4. The minimum Gasteiger partial charge on any atom is -0.382 e. The Morgan fingerprint density at radius 2 is 1.85 bits per heavy atom. The highest BCUT2D eigenvalue weighted by Gasteiger charge is 2.32. The molecule has 0 saturated carbocycles. The number of hydrogen-bond acceptors (Lipinski definition) is 7. The molecular weight excluding hydrogens is 517 g/mol. The van der Waals surface area contributed by atoms with Crippen LogP contribution in [0, 0.1) is 0 Å². The molecule has 3 aromatic heterocycles. The van der Waals surface area contributed by atoms with Gasteiger partial charge in [0.05, 0.1) is 18.3 Å². The van der Waals surface area contributed by atoms with Crippen molar-refractivity contribution in [2.45, 2.75) is 26.1 Å². The van der Waals surface area contributed by atoms with Crippen LogP contribution in [0.2, 0.25) is 0 Å². The molecule has 4 rings (SSSR count). The average Bonchev–Trinajstić information content (AvgIpc) is 3.27. The molecule has 0 spiro atoms. The number of rotatable bonds is 8. The molecule has 0 saturated heterocycles. The molecule has 4 aromatic rings. The minimum absolute atomic E-state index is 0.0279. The van der Waals surface area contributed by atoms with Gasteiger partial charge in [0.1, 0.15) is 23.4 Å². The lowest BCUT2D eigenvalue weighted by Gasteiger charge is -2.11. The van der Waals surface area contributed by atoms with Crippen molar-refractivity contribution in [1.29, 1.82) is 0 Å². The topological polar surface area (TPSA) is 149 Å². The molecule has 0 unspecified atom stereocenters. The summed E-state index contributed by atoms with van der Waals surface area (Å²) in [6.07, 6.45) is -1.79. The number of anilines is 3. The molecule has 14 heteroatoms. The summed E-state index contributed by atoms with van der Waals surface area (Å²) in [5.74, 6) is -0.459. The summed E-state index contributed by atoms with van der Waals surface area (Å²) in [4.78, 5) is 32.8. The van der Waals surface area contributed by atoms with E-state index in [-0.39, 0.29) is 23.6 Å². The monoisotopic (exact) mass is 542 g/mol. The summed E-state index contributed by atoms with van der Waals surface area (Å²) < 4.78 is 45.6. The third-order valence-corrected chi connectivity index (χ3v) is 5.40. The predicted octanol–water partition coefficient (Wildman–Crippen LogP) is 4.19. The normalized spacial score (nSPS) is 11.5. The fraction of sp³-hybridized carbons (Fsp3) is 0.240. The number of hydrogen-bond donors (Lipinski definition) is 4. The molecule has 3 heterocycles. The van der Waals surface area contributed by atoms with Crippen LogP contribution < -0.4 is 21.7 Å². The first-order chi connectivity index (χ1) is 18.5. The largest absolute Gasteiger partial charge is 0.433 e. The summed E-state index contributed by atoms with van der Waals surface area (Å²) in [6.45, 7) is 4.42.